The maximum Gasteiger partial charge on any atom is 0.306 e. The number of esters is 2. The number of aliphatic hydroxyl groups is 1. The fourth-order valence-electron chi connectivity index (χ4n) is 10.1. The normalized spacial score (nSPS) is 13.0. The second-order valence-corrected chi connectivity index (χ2v) is 23.2. The Hall–Kier alpha value is -3.70. The lowest BCUT2D eigenvalue weighted by atomic mass is 10.0. The van der Waals surface area contributed by atoms with Crippen LogP contribution in [0.3, 0.4) is 0 Å². The van der Waals surface area contributed by atoms with Gasteiger partial charge in [-0.05, 0) is 103 Å². The molecule has 0 aliphatic carbocycles. The molecule has 0 rings (SSSR count). The number of hydrogen-bond acceptors (Lipinski definition) is 5. The van der Waals surface area contributed by atoms with Crippen LogP contribution in [0.1, 0.15) is 335 Å². The Balaban J connectivity index is 3.43. The van der Waals surface area contributed by atoms with Crippen LogP contribution in [-0.2, 0) is 19.1 Å². The molecule has 0 spiro atoms. The molecule has 1 atom stereocenters. The highest BCUT2D eigenvalue weighted by atomic mass is 16.6. The summed E-state index contributed by atoms with van der Waals surface area (Å²) in [5, 5.41) is 9.70. The van der Waals surface area contributed by atoms with Crippen molar-refractivity contribution in [1.82, 2.24) is 0 Å². The first-order valence-electron chi connectivity index (χ1n) is 35.1. The summed E-state index contributed by atoms with van der Waals surface area (Å²) in [6.45, 7) is 3.93. The molecule has 0 fully saturated rings. The van der Waals surface area contributed by atoms with Gasteiger partial charge in [0.25, 0.3) is 0 Å². The third-order valence-corrected chi connectivity index (χ3v) is 15.3. The van der Waals surface area contributed by atoms with Gasteiger partial charge < -0.3 is 14.6 Å². The number of ether oxygens (including phenoxy) is 2. The summed E-state index contributed by atoms with van der Waals surface area (Å²) < 4.78 is 10.7. The Bertz CT molecular complexity index is 1620. The molecule has 0 amide bonds. The number of allylic oxidation sites excluding steroid dienone is 20. The maximum atomic E-state index is 12.4. The molecular formula is C77H132O5. The average molecular weight is 1140 g/mol. The number of carbonyl (C=O) groups excluding carboxylic acids is 2. The molecule has 470 valence electrons. The third-order valence-electron chi connectivity index (χ3n) is 15.3. The largest absolute Gasteiger partial charge is 0.462 e. The summed E-state index contributed by atoms with van der Waals surface area (Å²) in [5.74, 6) is -0.592. The minimum Gasteiger partial charge on any atom is -0.462 e. The Morgan fingerprint density at radius 1 is 0.280 bits per heavy atom. The van der Waals surface area contributed by atoms with Gasteiger partial charge in [0.2, 0.25) is 0 Å². The van der Waals surface area contributed by atoms with E-state index in [-0.39, 0.29) is 25.2 Å². The maximum absolute atomic E-state index is 12.4. The molecule has 1 N–H and O–H groups in total. The highest BCUT2D eigenvalue weighted by Crippen LogP contribution is 2.18. The molecule has 0 radical (unpaired) electrons. The van der Waals surface area contributed by atoms with E-state index in [0.717, 1.165) is 109 Å². The lowest BCUT2D eigenvalue weighted by molar-refractivity contribution is -0.161. The lowest BCUT2D eigenvalue weighted by Crippen LogP contribution is -2.28. The summed E-state index contributed by atoms with van der Waals surface area (Å²) in [5.41, 5.74) is 0. The van der Waals surface area contributed by atoms with E-state index in [1.807, 2.05) is 0 Å². The summed E-state index contributed by atoms with van der Waals surface area (Å²) in [6.07, 6.45) is 105. The van der Waals surface area contributed by atoms with Crippen molar-refractivity contribution in [3.8, 4) is 0 Å². The van der Waals surface area contributed by atoms with Crippen molar-refractivity contribution in [2.75, 3.05) is 13.2 Å². The van der Waals surface area contributed by atoms with Gasteiger partial charge >= 0.3 is 11.9 Å². The summed E-state index contributed by atoms with van der Waals surface area (Å²) >= 11 is 0. The average Bonchev–Trinajstić information content (AvgIpc) is 3.49. The van der Waals surface area contributed by atoms with Crippen LogP contribution in [0.4, 0.5) is 0 Å². The van der Waals surface area contributed by atoms with Gasteiger partial charge in [-0.2, -0.15) is 0 Å². The van der Waals surface area contributed by atoms with E-state index in [9.17, 15) is 14.7 Å². The van der Waals surface area contributed by atoms with Gasteiger partial charge in [-0.15, -0.1) is 0 Å². The first-order valence-corrected chi connectivity index (χ1v) is 35.1. The topological polar surface area (TPSA) is 72.8 Å². The molecule has 1 unspecified atom stereocenters. The number of hydrogen-bond donors (Lipinski definition) is 1. The minimum atomic E-state index is -0.783. The van der Waals surface area contributed by atoms with Crippen LogP contribution in [0.15, 0.2) is 122 Å². The summed E-state index contributed by atoms with van der Waals surface area (Å²) in [4.78, 5) is 24.6. The molecule has 0 saturated heterocycles. The van der Waals surface area contributed by atoms with Gasteiger partial charge in [-0.1, -0.05) is 341 Å². The summed E-state index contributed by atoms with van der Waals surface area (Å²) in [7, 11) is 0. The molecule has 0 aliphatic rings. The van der Waals surface area contributed by atoms with Crippen molar-refractivity contribution in [1.29, 1.82) is 0 Å². The van der Waals surface area contributed by atoms with Gasteiger partial charge in [0.15, 0.2) is 6.10 Å². The Morgan fingerprint density at radius 3 is 0.732 bits per heavy atom. The van der Waals surface area contributed by atoms with Gasteiger partial charge in [0.1, 0.15) is 6.61 Å². The van der Waals surface area contributed by atoms with E-state index in [4.69, 9.17) is 9.47 Å². The van der Waals surface area contributed by atoms with Gasteiger partial charge in [0, 0.05) is 12.8 Å². The minimum absolute atomic E-state index is 0.0712. The van der Waals surface area contributed by atoms with Crippen molar-refractivity contribution in [2.45, 2.75) is 341 Å². The van der Waals surface area contributed by atoms with E-state index in [1.54, 1.807) is 0 Å². The molecule has 5 nitrogen and oxygen atoms in total. The molecule has 0 aliphatic heterocycles. The zero-order valence-corrected chi connectivity index (χ0v) is 54.0. The third kappa shape index (κ3) is 68.8. The monoisotopic (exact) mass is 1140 g/mol. The first kappa shape index (κ1) is 78.3. The van der Waals surface area contributed by atoms with Crippen LogP contribution >= 0.6 is 0 Å². The van der Waals surface area contributed by atoms with Crippen molar-refractivity contribution in [3.05, 3.63) is 122 Å². The van der Waals surface area contributed by atoms with Crippen LogP contribution in [0.25, 0.3) is 0 Å². The molecule has 0 saturated carbocycles. The highest BCUT2D eigenvalue weighted by Gasteiger charge is 2.16. The predicted octanol–water partition coefficient (Wildman–Crippen LogP) is 24.5. The van der Waals surface area contributed by atoms with E-state index in [0.29, 0.717) is 12.8 Å². The zero-order chi connectivity index (χ0) is 59.1. The van der Waals surface area contributed by atoms with E-state index < -0.39 is 6.10 Å². The van der Waals surface area contributed by atoms with Crippen LogP contribution in [0.2, 0.25) is 0 Å². The second kappa shape index (κ2) is 71.6. The van der Waals surface area contributed by atoms with Gasteiger partial charge in [-0.25, -0.2) is 0 Å². The molecule has 5 heteroatoms. The van der Waals surface area contributed by atoms with Crippen molar-refractivity contribution < 1.29 is 24.2 Å². The fraction of sp³-hybridized carbons (Fsp3) is 0.714. The second-order valence-electron chi connectivity index (χ2n) is 23.2. The fourth-order valence-corrected chi connectivity index (χ4v) is 10.1. The van der Waals surface area contributed by atoms with E-state index in [2.05, 4.69) is 135 Å². The molecule has 0 aromatic carbocycles. The zero-order valence-electron chi connectivity index (χ0n) is 54.0. The van der Waals surface area contributed by atoms with E-state index >= 15 is 0 Å². The first-order chi connectivity index (χ1) is 40.6. The number of aliphatic hydroxyl groups excluding tert-OH is 1. The number of rotatable bonds is 64. The Labute approximate surface area is 509 Å². The van der Waals surface area contributed by atoms with Crippen molar-refractivity contribution >= 4 is 11.9 Å². The number of carbonyl (C=O) groups is 2. The predicted molar refractivity (Wildman–Crippen MR) is 362 cm³/mol. The summed E-state index contributed by atoms with van der Waals surface area (Å²) in [6, 6.07) is 0. The Morgan fingerprint density at radius 2 is 0.488 bits per heavy atom. The molecule has 0 bridgehead atoms. The molecule has 0 aromatic heterocycles. The quantitative estimate of drug-likeness (QED) is 0.0373. The molecule has 82 heavy (non-hydrogen) atoms. The molecule has 0 aromatic rings. The van der Waals surface area contributed by atoms with Crippen LogP contribution in [0, 0.1) is 0 Å². The van der Waals surface area contributed by atoms with Crippen molar-refractivity contribution in [2.24, 2.45) is 0 Å². The van der Waals surface area contributed by atoms with Gasteiger partial charge in [-0.3, -0.25) is 9.59 Å². The van der Waals surface area contributed by atoms with Crippen LogP contribution < -0.4 is 0 Å². The molecular weight excluding hydrogens is 1000 g/mol. The molecule has 0 heterocycles. The van der Waals surface area contributed by atoms with E-state index in [1.165, 1.54) is 199 Å². The van der Waals surface area contributed by atoms with Gasteiger partial charge in [0.05, 0.1) is 6.61 Å². The van der Waals surface area contributed by atoms with Crippen molar-refractivity contribution in [3.63, 3.8) is 0 Å². The number of unbranched alkanes of at least 4 members (excludes halogenated alkanes) is 36. The Kier molecular flexibility index (Phi) is 68.3. The van der Waals surface area contributed by atoms with Crippen LogP contribution in [-0.4, -0.2) is 36.4 Å². The smallest absolute Gasteiger partial charge is 0.306 e. The lowest BCUT2D eigenvalue weighted by Gasteiger charge is -2.15. The standard InChI is InChI=1S/C77H132O5/c1-3-5-7-9-11-13-15-17-19-21-23-25-27-29-31-32-33-34-35-36-37-38-39-40-41-42-43-44-46-47-49-51-53-55-57-59-61-63-65-67-69-71-76(79)81-74-75(73-78)82-77(80)72-70-68-66-64-62-60-58-56-54-52-50-48-45-30-28-26-24-22-20-18-16-14-12-10-8-6-4-2/h5-8,11-14,17-20,23-26,30,45,50,52,75,78H,3-4,9-10,15-16,21-22,27-29,31-44,46-49,51,53-74H2,1-2H3/b7-5-,8-6-,13-11-,14-12-,19-17-,20-18-,25-23-,26-24-,45-30-,52-50-. The SMILES string of the molecule is CC/C=C\C/C=C\C/C=C\C/C=C\C/C=C\C/C=C\CCCCCCCCCCC(=O)OC(CO)COC(=O)CCCCCCCCCCCCCCCCCCCCCCCCCCCCCC/C=C\C/C=C\C/C=C\C/C=C\CC. The highest BCUT2D eigenvalue weighted by molar-refractivity contribution is 5.70. The van der Waals surface area contributed by atoms with Crippen LogP contribution in [0.5, 0.6) is 0 Å².